The van der Waals surface area contributed by atoms with Crippen molar-refractivity contribution in [3.63, 3.8) is 0 Å². The molecule has 0 amide bonds. The third-order valence-corrected chi connectivity index (χ3v) is 11.0. The van der Waals surface area contributed by atoms with Crippen LogP contribution in [-0.2, 0) is 0 Å². The first-order valence-electron chi connectivity index (χ1n) is 15.9. The molecule has 6 rings (SSSR count). The fourth-order valence-electron chi connectivity index (χ4n) is 6.07. The third kappa shape index (κ3) is 8.91. The Kier molecular flexibility index (Phi) is 12.0. The van der Waals surface area contributed by atoms with Gasteiger partial charge in [0.15, 0.2) is 11.6 Å². The summed E-state index contributed by atoms with van der Waals surface area (Å²) in [5, 5.41) is 6.85. The van der Waals surface area contributed by atoms with E-state index in [1.165, 1.54) is 77.0 Å². The molecule has 2 N–H and O–H groups in total. The van der Waals surface area contributed by atoms with Crippen molar-refractivity contribution in [1.29, 1.82) is 0 Å². The highest BCUT2D eigenvalue weighted by Gasteiger charge is 2.21. The Morgan fingerprint density at radius 3 is 1.73 bits per heavy atom. The Morgan fingerprint density at radius 1 is 0.622 bits per heavy atom. The van der Waals surface area contributed by atoms with E-state index in [1.807, 2.05) is 19.1 Å². The Hall–Kier alpha value is -2.84. The Balaban J connectivity index is 0.000000178. The maximum atomic E-state index is 13.8. The zero-order chi connectivity index (χ0) is 31.8. The molecule has 0 atom stereocenters. The average molecular weight is 647 g/mol. The second-order valence-electron chi connectivity index (χ2n) is 12.0. The summed E-state index contributed by atoms with van der Waals surface area (Å²) in [7, 11) is 1.50. The zero-order valence-electron chi connectivity index (χ0n) is 26.7. The van der Waals surface area contributed by atoms with Gasteiger partial charge in [-0.3, -0.25) is 0 Å². The maximum Gasteiger partial charge on any atom is 0.165 e. The van der Waals surface area contributed by atoms with Crippen molar-refractivity contribution in [3.8, 4) is 5.75 Å². The highest BCUT2D eigenvalue weighted by atomic mass is 32.2. The second-order valence-corrected chi connectivity index (χ2v) is 14.2. The predicted octanol–water partition coefficient (Wildman–Crippen LogP) is 9.82. The van der Waals surface area contributed by atoms with Crippen molar-refractivity contribution in [2.45, 2.75) is 77.9 Å². The third-order valence-electron chi connectivity index (χ3n) is 8.68. The van der Waals surface area contributed by atoms with Crippen molar-refractivity contribution >= 4 is 23.5 Å². The number of rotatable bonds is 7. The molecule has 2 aliphatic rings. The first kappa shape index (κ1) is 33.5. The van der Waals surface area contributed by atoms with Crippen molar-refractivity contribution in [1.82, 2.24) is 10.6 Å². The Labute approximate surface area is 275 Å². The van der Waals surface area contributed by atoms with E-state index in [1.54, 1.807) is 35.7 Å². The van der Waals surface area contributed by atoms with Crippen LogP contribution in [0.5, 0.6) is 5.75 Å². The van der Waals surface area contributed by atoms with E-state index in [0.717, 1.165) is 41.5 Å². The van der Waals surface area contributed by atoms with Gasteiger partial charge in [0, 0.05) is 19.6 Å². The molecular weight excluding hydrogens is 603 g/mol. The van der Waals surface area contributed by atoms with Gasteiger partial charge in [0.25, 0.3) is 0 Å². The fourth-order valence-corrected chi connectivity index (χ4v) is 8.22. The minimum absolute atomic E-state index is 0.125. The summed E-state index contributed by atoms with van der Waals surface area (Å²) in [5.74, 6) is 1.06. The lowest BCUT2D eigenvalue weighted by Crippen LogP contribution is -2.26. The minimum Gasteiger partial charge on any atom is -0.494 e. The standard InChI is InChI=1S/C19H22FNOS.C19H22FNS/c1-13-3-6-19(16(11-13)14-7-9-21-10-8-14)23-15-4-5-17(20)18(12-15)22-2;1-13-6-7-19(16(12-13)15-8-10-21-11-9-15)22-18-5-3-4-17(20)14(18)2/h3-6,11-12,14,21H,7-10H2,1-2H3;3-7,12,15,21H,8-11H2,1-2H3. The maximum absolute atomic E-state index is 13.8. The summed E-state index contributed by atoms with van der Waals surface area (Å²) in [6.45, 7) is 10.5. The van der Waals surface area contributed by atoms with Crippen molar-refractivity contribution < 1.29 is 13.5 Å². The van der Waals surface area contributed by atoms with Gasteiger partial charge in [-0.25, -0.2) is 8.78 Å². The van der Waals surface area contributed by atoms with Gasteiger partial charge in [0.05, 0.1) is 7.11 Å². The lowest BCUT2D eigenvalue weighted by molar-refractivity contribution is 0.385. The molecule has 45 heavy (non-hydrogen) atoms. The molecule has 0 radical (unpaired) electrons. The monoisotopic (exact) mass is 646 g/mol. The number of hydrogen-bond donors (Lipinski definition) is 2. The predicted molar refractivity (Wildman–Crippen MR) is 184 cm³/mol. The van der Waals surface area contributed by atoms with Gasteiger partial charge in [-0.2, -0.15) is 0 Å². The van der Waals surface area contributed by atoms with E-state index in [2.05, 4.69) is 60.9 Å². The van der Waals surface area contributed by atoms with E-state index in [0.29, 0.717) is 17.6 Å². The quantitative estimate of drug-likeness (QED) is 0.209. The summed E-state index contributed by atoms with van der Waals surface area (Å²) >= 11 is 3.38. The molecular formula is C38H44F2N2OS2. The topological polar surface area (TPSA) is 33.3 Å². The van der Waals surface area contributed by atoms with E-state index in [4.69, 9.17) is 4.74 Å². The largest absolute Gasteiger partial charge is 0.494 e. The molecule has 2 fully saturated rings. The van der Waals surface area contributed by atoms with Crippen molar-refractivity contribution in [2.75, 3.05) is 33.3 Å². The molecule has 3 nitrogen and oxygen atoms in total. The van der Waals surface area contributed by atoms with Crippen LogP contribution >= 0.6 is 23.5 Å². The molecule has 2 heterocycles. The van der Waals surface area contributed by atoms with Gasteiger partial charge in [0.1, 0.15) is 5.82 Å². The summed E-state index contributed by atoms with van der Waals surface area (Å²) in [6.07, 6.45) is 4.70. The van der Waals surface area contributed by atoms with Crippen LogP contribution in [0.3, 0.4) is 0 Å². The molecule has 0 aliphatic carbocycles. The first-order valence-corrected chi connectivity index (χ1v) is 17.5. The number of benzene rings is 4. The molecule has 7 heteroatoms. The summed E-state index contributed by atoms with van der Waals surface area (Å²) in [5.41, 5.74) is 6.17. The molecule has 2 saturated heterocycles. The lowest BCUT2D eigenvalue weighted by atomic mass is 9.89. The van der Waals surface area contributed by atoms with Gasteiger partial charge < -0.3 is 15.4 Å². The molecule has 0 aromatic heterocycles. The van der Waals surface area contributed by atoms with Gasteiger partial charge in [-0.15, -0.1) is 0 Å². The van der Waals surface area contributed by atoms with Crippen molar-refractivity contribution in [3.05, 3.63) is 112 Å². The minimum atomic E-state index is -0.320. The molecule has 2 aliphatic heterocycles. The molecule has 0 unspecified atom stereocenters. The summed E-state index contributed by atoms with van der Waals surface area (Å²) < 4.78 is 32.5. The molecule has 0 saturated carbocycles. The number of aryl methyl sites for hydroxylation is 2. The smallest absolute Gasteiger partial charge is 0.165 e. The number of piperidine rings is 2. The zero-order valence-corrected chi connectivity index (χ0v) is 28.4. The molecule has 0 spiro atoms. The Morgan fingerprint density at radius 2 is 1.18 bits per heavy atom. The molecule has 0 bridgehead atoms. The van der Waals surface area contributed by atoms with Crippen LogP contribution in [-0.4, -0.2) is 33.3 Å². The Bertz CT molecular complexity index is 1580. The van der Waals surface area contributed by atoms with Gasteiger partial charge in [-0.1, -0.05) is 65.0 Å². The van der Waals surface area contributed by atoms with Gasteiger partial charge in [-0.05, 0) is 144 Å². The van der Waals surface area contributed by atoms with Crippen LogP contribution in [0.1, 0.15) is 65.3 Å². The lowest BCUT2D eigenvalue weighted by Gasteiger charge is -2.25. The van der Waals surface area contributed by atoms with Gasteiger partial charge >= 0.3 is 0 Å². The second kappa shape index (κ2) is 16.1. The van der Waals surface area contributed by atoms with Crippen LogP contribution in [0.25, 0.3) is 0 Å². The number of hydrogen-bond acceptors (Lipinski definition) is 5. The summed E-state index contributed by atoms with van der Waals surface area (Å²) in [6, 6.07) is 23.7. The van der Waals surface area contributed by atoms with Crippen LogP contribution < -0.4 is 15.4 Å². The highest BCUT2D eigenvalue weighted by Crippen LogP contribution is 2.40. The van der Waals surface area contributed by atoms with Crippen molar-refractivity contribution in [2.24, 2.45) is 0 Å². The van der Waals surface area contributed by atoms with E-state index in [9.17, 15) is 8.78 Å². The fraction of sp³-hybridized carbons (Fsp3) is 0.368. The average Bonchev–Trinajstić information content (AvgIpc) is 3.06. The van der Waals surface area contributed by atoms with Crippen LogP contribution in [0, 0.1) is 32.4 Å². The SMILES string of the molecule is COc1cc(Sc2ccc(C)cc2C2CCNCC2)ccc1F.Cc1ccc(Sc2cccc(F)c2C)c(C2CCNCC2)c1. The number of halogens is 2. The number of nitrogens with one attached hydrogen (secondary N) is 2. The van der Waals surface area contributed by atoms with E-state index in [-0.39, 0.29) is 11.6 Å². The van der Waals surface area contributed by atoms with Crippen LogP contribution in [0.15, 0.2) is 92.4 Å². The normalized spacial score (nSPS) is 15.8. The summed E-state index contributed by atoms with van der Waals surface area (Å²) in [4.78, 5) is 4.55. The van der Waals surface area contributed by atoms with E-state index >= 15 is 0 Å². The van der Waals surface area contributed by atoms with E-state index < -0.39 is 0 Å². The van der Waals surface area contributed by atoms with Gasteiger partial charge in [0.2, 0.25) is 0 Å². The van der Waals surface area contributed by atoms with Crippen LogP contribution in [0.4, 0.5) is 8.78 Å². The number of ether oxygens (including phenoxy) is 1. The number of methoxy groups -OCH3 is 1. The molecule has 238 valence electrons. The molecule has 4 aromatic carbocycles. The first-order chi connectivity index (χ1) is 21.8. The van der Waals surface area contributed by atoms with Crippen LogP contribution in [0.2, 0.25) is 0 Å². The highest BCUT2D eigenvalue weighted by molar-refractivity contribution is 7.99. The molecule has 4 aromatic rings.